The van der Waals surface area contributed by atoms with Crippen molar-refractivity contribution in [3.63, 3.8) is 0 Å². The van der Waals surface area contributed by atoms with Gasteiger partial charge < -0.3 is 24.4 Å². The summed E-state index contributed by atoms with van der Waals surface area (Å²) in [4.78, 5) is 26.9. The fraction of sp³-hybridized carbons (Fsp3) is 0.391. The lowest BCUT2D eigenvalue weighted by atomic mass is 9.99. The van der Waals surface area contributed by atoms with E-state index >= 15 is 0 Å². The first-order valence-corrected chi connectivity index (χ1v) is 10.2. The van der Waals surface area contributed by atoms with E-state index in [9.17, 15) is 9.59 Å². The van der Waals surface area contributed by atoms with Crippen LogP contribution in [0.1, 0.15) is 35.3 Å². The Labute approximate surface area is 176 Å². The first-order chi connectivity index (χ1) is 14.5. The number of benzene rings is 2. The molecular formula is C23H28N2O5. The van der Waals surface area contributed by atoms with Crippen LogP contribution in [-0.2, 0) is 17.8 Å². The first-order valence-electron chi connectivity index (χ1n) is 10.2. The number of carbonyl (C=O) groups excluding carboxylic acids is 2. The molecule has 0 spiro atoms. The molecular weight excluding hydrogens is 384 g/mol. The Bertz CT molecular complexity index is 912. The van der Waals surface area contributed by atoms with Crippen LogP contribution >= 0.6 is 0 Å². The van der Waals surface area contributed by atoms with Gasteiger partial charge in [-0.2, -0.15) is 0 Å². The number of hydrogen-bond acceptors (Lipinski definition) is 5. The maximum atomic E-state index is 12.6. The number of carbonyl (C=O) groups is 2. The van der Waals surface area contributed by atoms with E-state index in [1.54, 1.807) is 30.2 Å². The fourth-order valence-electron chi connectivity index (χ4n) is 3.44. The van der Waals surface area contributed by atoms with Crippen molar-refractivity contribution >= 4 is 11.8 Å². The fourth-order valence-corrected chi connectivity index (χ4v) is 3.44. The molecule has 0 fully saturated rings. The summed E-state index contributed by atoms with van der Waals surface area (Å²) < 4.78 is 16.4. The second-order valence-electron chi connectivity index (χ2n) is 6.91. The number of amides is 2. The van der Waals surface area contributed by atoms with E-state index in [1.165, 1.54) is 5.56 Å². The zero-order valence-electron chi connectivity index (χ0n) is 17.7. The Morgan fingerprint density at radius 3 is 2.50 bits per heavy atom. The summed E-state index contributed by atoms with van der Waals surface area (Å²) in [6.07, 6.45) is 0.787. The predicted octanol–water partition coefficient (Wildman–Crippen LogP) is 2.81. The molecule has 0 bridgehead atoms. The molecule has 1 aliphatic rings. The molecule has 160 valence electrons. The van der Waals surface area contributed by atoms with Gasteiger partial charge in [0.25, 0.3) is 5.91 Å². The molecule has 30 heavy (non-hydrogen) atoms. The van der Waals surface area contributed by atoms with Gasteiger partial charge in [0, 0.05) is 18.7 Å². The smallest absolute Gasteiger partial charge is 0.251 e. The van der Waals surface area contributed by atoms with Gasteiger partial charge in [0.1, 0.15) is 5.75 Å². The van der Waals surface area contributed by atoms with Crippen LogP contribution in [-0.4, -0.2) is 50.1 Å². The minimum Gasteiger partial charge on any atom is -0.497 e. The van der Waals surface area contributed by atoms with Gasteiger partial charge in [-0.25, -0.2) is 0 Å². The number of rotatable bonds is 8. The minimum atomic E-state index is -0.327. The summed E-state index contributed by atoms with van der Waals surface area (Å²) in [5, 5.41) is 2.71. The average molecular weight is 412 g/mol. The topological polar surface area (TPSA) is 77.1 Å². The molecule has 0 aliphatic carbocycles. The van der Waals surface area contributed by atoms with E-state index in [-0.39, 0.29) is 18.4 Å². The van der Waals surface area contributed by atoms with Crippen molar-refractivity contribution in [2.45, 2.75) is 26.8 Å². The number of nitrogens with one attached hydrogen (secondary N) is 1. The van der Waals surface area contributed by atoms with Crippen LogP contribution in [0.3, 0.4) is 0 Å². The van der Waals surface area contributed by atoms with Crippen molar-refractivity contribution in [1.29, 1.82) is 0 Å². The summed E-state index contributed by atoms with van der Waals surface area (Å²) in [5.74, 6) is 1.44. The molecule has 2 aromatic carbocycles. The molecule has 2 amide bonds. The van der Waals surface area contributed by atoms with Crippen LogP contribution in [0, 0.1) is 0 Å². The molecule has 3 rings (SSSR count). The highest BCUT2D eigenvalue weighted by Crippen LogP contribution is 2.28. The quantitative estimate of drug-likeness (QED) is 0.722. The van der Waals surface area contributed by atoms with E-state index < -0.39 is 0 Å². The highest BCUT2D eigenvalue weighted by atomic mass is 16.5. The van der Waals surface area contributed by atoms with E-state index in [0.717, 1.165) is 17.7 Å². The third kappa shape index (κ3) is 5.03. The molecule has 0 saturated carbocycles. The molecule has 0 saturated heterocycles. The highest BCUT2D eigenvalue weighted by molar-refractivity contribution is 5.97. The van der Waals surface area contributed by atoms with Crippen LogP contribution in [0.2, 0.25) is 0 Å². The van der Waals surface area contributed by atoms with Gasteiger partial charge in [-0.05, 0) is 61.7 Å². The second-order valence-corrected chi connectivity index (χ2v) is 6.91. The van der Waals surface area contributed by atoms with Crippen molar-refractivity contribution in [1.82, 2.24) is 10.2 Å². The molecule has 0 aromatic heterocycles. The zero-order chi connectivity index (χ0) is 21.5. The van der Waals surface area contributed by atoms with Crippen LogP contribution in [0.25, 0.3) is 0 Å². The van der Waals surface area contributed by atoms with Gasteiger partial charge >= 0.3 is 0 Å². The normalized spacial score (nSPS) is 12.7. The van der Waals surface area contributed by atoms with Gasteiger partial charge in [-0.3, -0.25) is 9.59 Å². The Morgan fingerprint density at radius 1 is 1.00 bits per heavy atom. The molecule has 7 heteroatoms. The number of nitrogens with zero attached hydrogens (tertiary/aromatic N) is 1. The van der Waals surface area contributed by atoms with Gasteiger partial charge in [0.15, 0.2) is 11.5 Å². The highest BCUT2D eigenvalue weighted by Gasteiger charge is 2.22. The monoisotopic (exact) mass is 412 g/mol. The number of hydrogen-bond donors (Lipinski definition) is 1. The molecule has 7 nitrogen and oxygen atoms in total. The summed E-state index contributed by atoms with van der Waals surface area (Å²) in [6, 6.07) is 10.9. The summed E-state index contributed by atoms with van der Waals surface area (Å²) >= 11 is 0. The first kappa shape index (κ1) is 21.5. The zero-order valence-corrected chi connectivity index (χ0v) is 17.7. The lowest BCUT2D eigenvalue weighted by Gasteiger charge is -2.29. The molecule has 1 aliphatic heterocycles. The van der Waals surface area contributed by atoms with E-state index in [0.29, 0.717) is 43.4 Å². The Kier molecular flexibility index (Phi) is 7.17. The van der Waals surface area contributed by atoms with E-state index in [4.69, 9.17) is 14.2 Å². The van der Waals surface area contributed by atoms with Crippen molar-refractivity contribution in [3.8, 4) is 17.2 Å². The third-order valence-corrected chi connectivity index (χ3v) is 4.98. The number of fused-ring (bicyclic) bond motifs is 1. The minimum absolute atomic E-state index is 0.0602. The molecule has 1 heterocycles. The maximum Gasteiger partial charge on any atom is 0.251 e. The molecule has 0 unspecified atom stereocenters. The Morgan fingerprint density at radius 2 is 1.77 bits per heavy atom. The predicted molar refractivity (Wildman–Crippen MR) is 113 cm³/mol. The Balaban J connectivity index is 1.60. The second kappa shape index (κ2) is 10.0. The van der Waals surface area contributed by atoms with Crippen molar-refractivity contribution in [2.24, 2.45) is 0 Å². The largest absolute Gasteiger partial charge is 0.497 e. The summed E-state index contributed by atoms with van der Waals surface area (Å²) in [6.45, 7) is 5.81. The number of ether oxygens (including phenoxy) is 3. The van der Waals surface area contributed by atoms with E-state index in [2.05, 4.69) is 5.32 Å². The van der Waals surface area contributed by atoms with Crippen molar-refractivity contribution < 1.29 is 23.8 Å². The molecule has 1 N–H and O–H groups in total. The van der Waals surface area contributed by atoms with E-state index in [1.807, 2.05) is 32.0 Å². The van der Waals surface area contributed by atoms with Crippen LogP contribution < -0.4 is 19.5 Å². The lowest BCUT2D eigenvalue weighted by Crippen LogP contribution is -2.42. The maximum absolute atomic E-state index is 12.6. The molecule has 0 atom stereocenters. The lowest BCUT2D eigenvalue weighted by molar-refractivity contribution is -0.131. The average Bonchev–Trinajstić information content (AvgIpc) is 2.77. The van der Waals surface area contributed by atoms with Crippen molar-refractivity contribution in [3.05, 3.63) is 53.1 Å². The summed E-state index contributed by atoms with van der Waals surface area (Å²) in [7, 11) is 1.63. The number of methoxy groups -OCH3 is 1. The van der Waals surface area contributed by atoms with Crippen molar-refractivity contribution in [2.75, 3.05) is 33.4 Å². The summed E-state index contributed by atoms with van der Waals surface area (Å²) in [5.41, 5.74) is 2.72. The standard InChI is InChI=1S/C23H28N2O5/c1-4-29-20-9-7-17(13-21(20)30-5-2)23(27)24-14-22(26)25-11-10-16-6-8-19(28-3)12-18(16)15-25/h6-9,12-13H,4-5,10-11,14-15H2,1-3H3,(H,24,27). The van der Waals surface area contributed by atoms with Gasteiger partial charge in [-0.1, -0.05) is 6.07 Å². The Hall–Kier alpha value is -3.22. The molecule has 0 radical (unpaired) electrons. The van der Waals surface area contributed by atoms with Gasteiger partial charge in [-0.15, -0.1) is 0 Å². The SMILES string of the molecule is CCOc1ccc(C(=O)NCC(=O)N2CCc3ccc(OC)cc3C2)cc1OCC. The van der Waals surface area contributed by atoms with Gasteiger partial charge in [0.2, 0.25) is 5.91 Å². The van der Waals surface area contributed by atoms with Crippen LogP contribution in [0.4, 0.5) is 0 Å². The molecule has 2 aromatic rings. The third-order valence-electron chi connectivity index (χ3n) is 4.98. The van der Waals surface area contributed by atoms with Crippen LogP contribution in [0.15, 0.2) is 36.4 Å². The van der Waals surface area contributed by atoms with Crippen LogP contribution in [0.5, 0.6) is 17.2 Å². The van der Waals surface area contributed by atoms with Gasteiger partial charge in [0.05, 0.1) is 26.9 Å².